The van der Waals surface area contributed by atoms with E-state index in [-0.39, 0.29) is 5.78 Å². The zero-order valence-electron chi connectivity index (χ0n) is 13.9. The maximum atomic E-state index is 11.7. The predicted molar refractivity (Wildman–Crippen MR) is 99.0 cm³/mol. The molecule has 3 rings (SSSR count). The fraction of sp³-hybridized carbons (Fsp3) is 0.158. The van der Waals surface area contributed by atoms with E-state index in [9.17, 15) is 9.59 Å². The molecule has 2 aromatic rings. The molecule has 0 atom stereocenters. The van der Waals surface area contributed by atoms with Crippen LogP contribution in [0.1, 0.15) is 22.5 Å². The maximum Gasteiger partial charge on any atom is 0.328 e. The Morgan fingerprint density at radius 2 is 2.04 bits per heavy atom. The Morgan fingerprint density at radius 1 is 1.32 bits per heavy atom. The van der Waals surface area contributed by atoms with E-state index in [1.165, 1.54) is 17.2 Å². The quantitative estimate of drug-likeness (QED) is 0.811. The second kappa shape index (κ2) is 8.94. The summed E-state index contributed by atoms with van der Waals surface area (Å²) in [6, 6.07) is 9.46. The van der Waals surface area contributed by atoms with Crippen molar-refractivity contribution in [3.05, 3.63) is 59.2 Å². The minimum absolute atomic E-state index is 0.0345. The summed E-state index contributed by atoms with van der Waals surface area (Å²) >= 11 is 1.37. The van der Waals surface area contributed by atoms with Crippen LogP contribution in [0.2, 0.25) is 0 Å². The third-order valence-corrected chi connectivity index (χ3v) is 3.74. The zero-order chi connectivity index (χ0) is 18.2. The molecule has 1 aromatic carbocycles. The molecule has 0 radical (unpaired) electrons. The summed E-state index contributed by atoms with van der Waals surface area (Å²) in [5.74, 6) is 1.11. The molecule has 25 heavy (non-hydrogen) atoms. The number of Topliss-reactive ketones (excluding diaryl/α,β-unsaturated/α-hetero) is 1. The third kappa shape index (κ3) is 5.12. The first-order valence-corrected chi connectivity index (χ1v) is 8.74. The third-order valence-electron chi connectivity index (χ3n) is 3.34. The van der Waals surface area contributed by atoms with Crippen molar-refractivity contribution in [2.45, 2.75) is 6.42 Å². The number of ether oxygens (including phenoxy) is 1. The first-order chi connectivity index (χ1) is 12.0. The number of hydrogen-bond donors (Lipinski definition) is 1. The lowest BCUT2D eigenvalue weighted by Crippen LogP contribution is -2.00. The van der Waals surface area contributed by atoms with Gasteiger partial charge in [0.1, 0.15) is 11.5 Å². The van der Waals surface area contributed by atoms with Gasteiger partial charge in [-0.25, -0.2) is 4.79 Å². The molecule has 0 unspecified atom stereocenters. The molecule has 0 saturated heterocycles. The molecular weight excluding hydrogens is 340 g/mol. The largest absolute Gasteiger partial charge is 0.497 e. The molecular formula is C19H18O5S. The van der Waals surface area contributed by atoms with Crippen molar-refractivity contribution in [1.29, 1.82) is 0 Å². The summed E-state index contributed by atoms with van der Waals surface area (Å²) in [4.78, 5) is 21.3. The molecule has 0 bridgehead atoms. The minimum Gasteiger partial charge on any atom is -0.497 e. The molecule has 6 heteroatoms. The van der Waals surface area contributed by atoms with Crippen LogP contribution in [0.15, 0.2) is 52.3 Å². The van der Waals surface area contributed by atoms with Gasteiger partial charge < -0.3 is 14.3 Å². The molecule has 0 spiro atoms. The van der Waals surface area contributed by atoms with E-state index >= 15 is 0 Å². The van der Waals surface area contributed by atoms with Crippen molar-refractivity contribution >= 4 is 29.6 Å². The van der Waals surface area contributed by atoms with Crippen LogP contribution in [0, 0.1) is 0 Å². The van der Waals surface area contributed by atoms with E-state index in [4.69, 9.17) is 14.3 Å². The average Bonchev–Trinajstić information content (AvgIpc) is 3.06. The number of carbonyl (C=O) groups is 2. The number of hydrogen-bond acceptors (Lipinski definition) is 5. The number of fused-ring (bicyclic) bond motifs is 1. The number of carboxylic acid groups (broad SMARTS) is 1. The SMILES string of the molecule is COc1ccc(-c2cc3c(o2)C(=O)CC=C3)cc1.CS/C=C/C(=O)O. The Morgan fingerprint density at radius 3 is 2.56 bits per heavy atom. The highest BCUT2D eigenvalue weighted by atomic mass is 32.2. The summed E-state index contributed by atoms with van der Waals surface area (Å²) in [6.07, 6.45) is 7.11. The van der Waals surface area contributed by atoms with Gasteiger partial charge in [0.15, 0.2) is 5.76 Å². The number of carbonyl (C=O) groups excluding carboxylic acids is 1. The van der Waals surface area contributed by atoms with Crippen LogP contribution in [0.4, 0.5) is 0 Å². The molecule has 1 aromatic heterocycles. The Bertz CT molecular complexity index is 800. The van der Waals surface area contributed by atoms with Gasteiger partial charge in [-0.1, -0.05) is 12.2 Å². The number of thioether (sulfide) groups is 1. The van der Waals surface area contributed by atoms with Crippen LogP contribution in [0.3, 0.4) is 0 Å². The van der Waals surface area contributed by atoms with Crippen molar-refractivity contribution in [3.63, 3.8) is 0 Å². The van der Waals surface area contributed by atoms with Crippen LogP contribution in [-0.2, 0) is 4.79 Å². The summed E-state index contributed by atoms with van der Waals surface area (Å²) < 4.78 is 10.7. The zero-order valence-corrected chi connectivity index (χ0v) is 14.7. The molecule has 0 amide bonds. The molecule has 0 aliphatic heterocycles. The second-order valence-corrected chi connectivity index (χ2v) is 5.77. The van der Waals surface area contributed by atoms with Gasteiger partial charge in [-0.15, -0.1) is 11.8 Å². The first kappa shape index (κ1) is 18.6. The van der Waals surface area contributed by atoms with Crippen LogP contribution in [0.25, 0.3) is 17.4 Å². The number of rotatable bonds is 4. The maximum absolute atomic E-state index is 11.7. The van der Waals surface area contributed by atoms with E-state index in [1.807, 2.05) is 42.5 Å². The molecule has 1 heterocycles. The molecule has 0 fully saturated rings. The molecule has 130 valence electrons. The number of benzene rings is 1. The van der Waals surface area contributed by atoms with Crippen LogP contribution in [-0.4, -0.2) is 30.2 Å². The topological polar surface area (TPSA) is 76.7 Å². The highest BCUT2D eigenvalue weighted by Crippen LogP contribution is 2.30. The summed E-state index contributed by atoms with van der Waals surface area (Å²) in [6.45, 7) is 0. The van der Waals surface area contributed by atoms with Gasteiger partial charge in [-0.2, -0.15) is 0 Å². The highest BCUT2D eigenvalue weighted by molar-refractivity contribution is 8.01. The van der Waals surface area contributed by atoms with Gasteiger partial charge in [0.25, 0.3) is 0 Å². The molecule has 5 nitrogen and oxygen atoms in total. The number of methoxy groups -OCH3 is 1. The van der Waals surface area contributed by atoms with Crippen LogP contribution in [0.5, 0.6) is 5.75 Å². The second-order valence-electron chi connectivity index (χ2n) is 5.03. The van der Waals surface area contributed by atoms with Gasteiger partial charge in [0, 0.05) is 23.6 Å². The Hall–Kier alpha value is -2.73. The van der Waals surface area contributed by atoms with Crippen molar-refractivity contribution in [1.82, 2.24) is 0 Å². The van der Waals surface area contributed by atoms with E-state index in [2.05, 4.69) is 0 Å². The smallest absolute Gasteiger partial charge is 0.328 e. The van der Waals surface area contributed by atoms with E-state index < -0.39 is 5.97 Å². The number of ketones is 1. The predicted octanol–water partition coefficient (Wildman–Crippen LogP) is 4.50. The van der Waals surface area contributed by atoms with Crippen LogP contribution >= 0.6 is 11.8 Å². The van der Waals surface area contributed by atoms with Gasteiger partial charge >= 0.3 is 5.97 Å². The molecule has 1 N–H and O–H groups in total. The van der Waals surface area contributed by atoms with E-state index in [0.717, 1.165) is 23.0 Å². The standard InChI is InChI=1S/C15H12O3.C4H6O2S/c1-17-12-7-5-10(6-8-12)14-9-11-3-2-4-13(16)15(11)18-14;1-7-3-2-4(5)6/h2-3,5-9H,4H2,1H3;2-3H,1H3,(H,5,6)/b;3-2+. The van der Waals surface area contributed by atoms with E-state index in [0.29, 0.717) is 17.9 Å². The molecule has 1 aliphatic carbocycles. The molecule has 1 aliphatic rings. The molecule has 0 saturated carbocycles. The Balaban J connectivity index is 0.000000277. The van der Waals surface area contributed by atoms with Crippen LogP contribution < -0.4 is 4.74 Å². The summed E-state index contributed by atoms with van der Waals surface area (Å²) in [5, 5.41) is 9.46. The van der Waals surface area contributed by atoms with Crippen molar-refractivity contribution in [3.8, 4) is 17.1 Å². The lowest BCUT2D eigenvalue weighted by Gasteiger charge is -2.01. The van der Waals surface area contributed by atoms with Gasteiger partial charge in [0.2, 0.25) is 5.78 Å². The van der Waals surface area contributed by atoms with Crippen molar-refractivity contribution < 1.29 is 23.8 Å². The van der Waals surface area contributed by atoms with Gasteiger partial charge in [-0.05, 0) is 42.0 Å². The van der Waals surface area contributed by atoms with E-state index in [1.54, 1.807) is 13.4 Å². The summed E-state index contributed by atoms with van der Waals surface area (Å²) in [7, 11) is 1.63. The summed E-state index contributed by atoms with van der Waals surface area (Å²) in [5.41, 5.74) is 1.79. The van der Waals surface area contributed by atoms with Crippen molar-refractivity contribution in [2.75, 3.05) is 13.4 Å². The number of carboxylic acids is 1. The lowest BCUT2D eigenvalue weighted by atomic mass is 10.0. The highest BCUT2D eigenvalue weighted by Gasteiger charge is 2.19. The fourth-order valence-corrected chi connectivity index (χ4v) is 2.41. The minimum atomic E-state index is -0.894. The van der Waals surface area contributed by atoms with Gasteiger partial charge in [0.05, 0.1) is 7.11 Å². The average molecular weight is 358 g/mol. The Labute approximate surface area is 150 Å². The lowest BCUT2D eigenvalue weighted by molar-refractivity contribution is -0.131. The first-order valence-electron chi connectivity index (χ1n) is 7.45. The number of allylic oxidation sites excluding steroid dienone is 1. The van der Waals surface area contributed by atoms with Gasteiger partial charge in [-0.3, -0.25) is 4.79 Å². The number of aliphatic carboxylic acids is 1. The Kier molecular flexibility index (Phi) is 6.65. The van der Waals surface area contributed by atoms with Crippen molar-refractivity contribution in [2.24, 2.45) is 0 Å². The normalized spacial score (nSPS) is 12.5. The number of furan rings is 1. The monoisotopic (exact) mass is 358 g/mol. The fourth-order valence-electron chi connectivity index (χ4n) is 2.16.